The first kappa shape index (κ1) is 28.6. The first-order chi connectivity index (χ1) is 17.2. The van der Waals surface area contributed by atoms with Crippen LogP contribution in [-0.4, -0.2) is 23.9 Å². The molecule has 0 saturated heterocycles. The summed E-state index contributed by atoms with van der Waals surface area (Å²) in [4.78, 5) is 6.63. The van der Waals surface area contributed by atoms with Crippen molar-refractivity contribution < 1.29 is 9.94 Å². The van der Waals surface area contributed by atoms with Gasteiger partial charge in [0.2, 0.25) is 0 Å². The van der Waals surface area contributed by atoms with Crippen LogP contribution in [0, 0.1) is 46.3 Å². The first-order valence-electron chi connectivity index (χ1n) is 16.0. The van der Waals surface area contributed by atoms with E-state index in [-0.39, 0.29) is 6.10 Å². The number of allylic oxidation sites excluding steroid dienone is 1. The highest BCUT2D eigenvalue weighted by Gasteiger charge is 2.62. The smallest absolute Gasteiger partial charge is 0.0829 e. The van der Waals surface area contributed by atoms with Crippen molar-refractivity contribution in [3.63, 3.8) is 0 Å². The first-order valence-corrected chi connectivity index (χ1v) is 16.0. The molecule has 3 heteroatoms. The molecule has 0 aromatic rings. The molecule has 1 unspecified atom stereocenters. The Morgan fingerprint density at radius 3 is 2.58 bits per heavy atom. The molecule has 0 bridgehead atoms. The number of fused-ring (bicyclic) bond motifs is 5. The number of aliphatic hydroxyl groups excluding tert-OH is 1. The average molecular weight is 502 g/mol. The molecule has 0 aliphatic heterocycles. The molecule has 36 heavy (non-hydrogen) atoms. The van der Waals surface area contributed by atoms with Gasteiger partial charge in [-0.1, -0.05) is 91.7 Å². The van der Waals surface area contributed by atoms with Crippen molar-refractivity contribution in [1.29, 1.82) is 0 Å². The van der Waals surface area contributed by atoms with E-state index in [2.05, 4.69) is 53.1 Å². The minimum Gasteiger partial charge on any atom is -0.393 e. The molecule has 2 N–H and O–H groups in total. The second kappa shape index (κ2) is 12.2. The van der Waals surface area contributed by atoms with E-state index in [0.29, 0.717) is 22.9 Å². The highest BCUT2D eigenvalue weighted by Crippen LogP contribution is 2.67. The number of hydroxylamine groups is 1. The zero-order chi connectivity index (χ0) is 25.9. The highest BCUT2D eigenvalue weighted by molar-refractivity contribution is 5.25. The van der Waals surface area contributed by atoms with E-state index in [1.807, 2.05) is 0 Å². The fraction of sp³-hybridized carbons (Fsp3) is 0.939. The normalized spacial score (nSPS) is 40.9. The predicted molar refractivity (Wildman–Crippen MR) is 151 cm³/mol. The van der Waals surface area contributed by atoms with Crippen LogP contribution < -0.4 is 5.48 Å². The maximum atomic E-state index is 10.4. The van der Waals surface area contributed by atoms with Crippen molar-refractivity contribution in [2.45, 2.75) is 144 Å². The number of nitrogens with one attached hydrogen (secondary N) is 1. The fourth-order valence-corrected chi connectivity index (χ4v) is 9.62. The third kappa shape index (κ3) is 5.79. The van der Waals surface area contributed by atoms with Gasteiger partial charge in [-0.05, 0) is 97.7 Å². The zero-order valence-corrected chi connectivity index (χ0v) is 24.7. The van der Waals surface area contributed by atoms with Crippen LogP contribution in [0.2, 0.25) is 0 Å². The number of rotatable bonds is 12. The fourth-order valence-electron chi connectivity index (χ4n) is 9.62. The second-order valence-electron chi connectivity index (χ2n) is 14.4. The van der Waals surface area contributed by atoms with Gasteiger partial charge in [0.25, 0.3) is 0 Å². The molecule has 4 aliphatic rings. The van der Waals surface area contributed by atoms with Gasteiger partial charge < -0.3 is 5.11 Å². The summed E-state index contributed by atoms with van der Waals surface area (Å²) in [6.07, 6.45) is 20.3. The van der Waals surface area contributed by atoms with Gasteiger partial charge in [-0.15, -0.1) is 0 Å². The number of unbranched alkanes of at least 4 members (excludes halogenated alkanes) is 3. The Labute approximate surface area is 223 Å². The maximum absolute atomic E-state index is 10.4. The Bertz CT molecular complexity index is 733. The molecular formula is C33H59NO2. The van der Waals surface area contributed by atoms with Crippen LogP contribution in [0.4, 0.5) is 0 Å². The molecule has 4 aliphatic carbocycles. The molecule has 3 nitrogen and oxygen atoms in total. The van der Waals surface area contributed by atoms with Crippen LogP contribution in [0.1, 0.15) is 131 Å². The van der Waals surface area contributed by atoms with Gasteiger partial charge in [0, 0.05) is 6.54 Å². The van der Waals surface area contributed by atoms with Crippen molar-refractivity contribution in [1.82, 2.24) is 5.48 Å². The second-order valence-corrected chi connectivity index (χ2v) is 14.4. The van der Waals surface area contributed by atoms with Crippen LogP contribution in [0.3, 0.4) is 0 Å². The Morgan fingerprint density at radius 1 is 1.03 bits per heavy atom. The van der Waals surface area contributed by atoms with Crippen LogP contribution in [0.25, 0.3) is 0 Å². The predicted octanol–water partition coefficient (Wildman–Crippen LogP) is 8.47. The van der Waals surface area contributed by atoms with Crippen LogP contribution in [0.15, 0.2) is 11.6 Å². The standard InChI is InChI=1S/C33H59NO2/c1-7-8-9-10-20-34-36-30-22-29-27-15-14-25-21-26(35)16-18-32(25,5)28(27)17-19-33(29,6)31(30)24(4)13-11-12-23(2)3/h14,23-24,26-31,34-35H,7-13,15-22H2,1-6H3/t24-,26+,27-,28+,29+,30?,31+,32+,33+/m1/s1. The molecule has 0 amide bonds. The third-order valence-corrected chi connectivity index (χ3v) is 11.6. The van der Waals surface area contributed by atoms with Crippen molar-refractivity contribution in [2.24, 2.45) is 46.3 Å². The largest absolute Gasteiger partial charge is 0.393 e. The third-order valence-electron chi connectivity index (χ3n) is 11.6. The van der Waals surface area contributed by atoms with Gasteiger partial charge in [-0.3, -0.25) is 4.84 Å². The summed E-state index contributed by atoms with van der Waals surface area (Å²) in [7, 11) is 0. The molecule has 0 spiro atoms. The molecular weight excluding hydrogens is 442 g/mol. The summed E-state index contributed by atoms with van der Waals surface area (Å²) >= 11 is 0. The zero-order valence-electron chi connectivity index (χ0n) is 24.7. The van der Waals surface area contributed by atoms with E-state index in [9.17, 15) is 5.11 Å². The highest BCUT2D eigenvalue weighted by atomic mass is 16.7. The average Bonchev–Trinajstić information content (AvgIpc) is 3.13. The molecule has 208 valence electrons. The molecule has 3 fully saturated rings. The van der Waals surface area contributed by atoms with Crippen molar-refractivity contribution in [2.75, 3.05) is 6.54 Å². The topological polar surface area (TPSA) is 41.5 Å². The molecule has 9 atom stereocenters. The molecule has 4 rings (SSSR count). The Morgan fingerprint density at radius 2 is 1.83 bits per heavy atom. The molecule has 0 radical (unpaired) electrons. The lowest BCUT2D eigenvalue weighted by Gasteiger charge is -2.58. The van der Waals surface area contributed by atoms with Crippen LogP contribution >= 0.6 is 0 Å². The summed E-state index contributed by atoms with van der Waals surface area (Å²) in [6.45, 7) is 15.8. The van der Waals surface area contributed by atoms with E-state index in [1.165, 1.54) is 77.0 Å². The number of aliphatic hydroxyl groups is 1. The Balaban J connectivity index is 1.50. The molecule has 0 aromatic heterocycles. The monoisotopic (exact) mass is 501 g/mol. The van der Waals surface area contributed by atoms with E-state index in [4.69, 9.17) is 4.84 Å². The van der Waals surface area contributed by atoms with Crippen molar-refractivity contribution in [3.8, 4) is 0 Å². The lowest BCUT2D eigenvalue weighted by Crippen LogP contribution is -2.51. The van der Waals surface area contributed by atoms with Gasteiger partial charge in [0.05, 0.1) is 12.2 Å². The Kier molecular flexibility index (Phi) is 9.71. The van der Waals surface area contributed by atoms with Gasteiger partial charge in [-0.25, -0.2) is 5.48 Å². The van der Waals surface area contributed by atoms with Crippen LogP contribution in [-0.2, 0) is 4.84 Å². The van der Waals surface area contributed by atoms with Crippen molar-refractivity contribution in [3.05, 3.63) is 11.6 Å². The molecule has 3 saturated carbocycles. The Hall–Kier alpha value is -0.380. The molecule has 0 heterocycles. The van der Waals surface area contributed by atoms with Gasteiger partial charge in [-0.2, -0.15) is 0 Å². The lowest BCUT2D eigenvalue weighted by atomic mass is 9.47. The van der Waals surface area contributed by atoms with E-state index in [1.54, 1.807) is 5.57 Å². The minimum absolute atomic E-state index is 0.113. The molecule has 0 aromatic carbocycles. The minimum atomic E-state index is -0.113. The summed E-state index contributed by atoms with van der Waals surface area (Å²) in [6, 6.07) is 0. The number of hydrogen-bond acceptors (Lipinski definition) is 3. The maximum Gasteiger partial charge on any atom is 0.0829 e. The summed E-state index contributed by atoms with van der Waals surface area (Å²) in [5.74, 6) is 4.52. The summed E-state index contributed by atoms with van der Waals surface area (Å²) in [5.41, 5.74) is 5.76. The van der Waals surface area contributed by atoms with Crippen molar-refractivity contribution >= 4 is 0 Å². The van der Waals surface area contributed by atoms with E-state index < -0.39 is 0 Å². The summed E-state index contributed by atoms with van der Waals surface area (Å²) < 4.78 is 0. The summed E-state index contributed by atoms with van der Waals surface area (Å²) in [5, 5.41) is 10.4. The SMILES string of the molecule is CCCCCCNOC1C[C@H]2[C@@H]3CC=C4C[C@@H](O)CC[C@]4(C)[C@H]3CC[C@]2(C)[C@H]1[C@H](C)CCCC(C)C. The van der Waals surface area contributed by atoms with Gasteiger partial charge >= 0.3 is 0 Å². The van der Waals surface area contributed by atoms with E-state index in [0.717, 1.165) is 49.0 Å². The van der Waals surface area contributed by atoms with Gasteiger partial charge in [0.1, 0.15) is 0 Å². The van der Waals surface area contributed by atoms with E-state index >= 15 is 0 Å². The van der Waals surface area contributed by atoms with Crippen LogP contribution in [0.5, 0.6) is 0 Å². The number of hydrogen-bond donors (Lipinski definition) is 2. The quantitative estimate of drug-likeness (QED) is 0.160. The lowest BCUT2D eigenvalue weighted by molar-refractivity contribution is -0.0861. The van der Waals surface area contributed by atoms with Gasteiger partial charge in [0.15, 0.2) is 0 Å².